The van der Waals surface area contributed by atoms with Crippen LogP contribution in [0.25, 0.3) is 0 Å². The Morgan fingerprint density at radius 3 is 2.29 bits per heavy atom. The van der Waals surface area contributed by atoms with Crippen LogP contribution in [0.5, 0.6) is 0 Å². The van der Waals surface area contributed by atoms with Gasteiger partial charge in [0, 0.05) is 5.69 Å². The summed E-state index contributed by atoms with van der Waals surface area (Å²) in [5, 5.41) is 12.3. The zero-order valence-electron chi connectivity index (χ0n) is 12.1. The Kier molecular flexibility index (Phi) is 3.45. The van der Waals surface area contributed by atoms with Crippen LogP contribution < -0.4 is 5.32 Å². The quantitative estimate of drug-likeness (QED) is 0.893. The number of carbonyl (C=O) groups excluding carboxylic acids is 1. The molecule has 5 heteroatoms. The van der Waals surface area contributed by atoms with Gasteiger partial charge in [-0.25, -0.2) is 0 Å². The van der Waals surface area contributed by atoms with Crippen LogP contribution in [-0.2, 0) is 14.3 Å². The Hall–Kier alpha value is -1.88. The highest BCUT2D eigenvalue weighted by atomic mass is 16.5. The molecule has 4 atom stereocenters. The summed E-state index contributed by atoms with van der Waals surface area (Å²) in [7, 11) is 0. The standard InChI is InChI=1S/C16H19NO4/c1-8-4-3-5-9(2)14(8)17-15(18)12-10-6-7-11(21-10)13(12)16(19)20/h3-5,10-13H,6-7H2,1-2H3,(H,17,18)(H,19,20)/t10-,11-,12?,13?/m1/s1. The number of hydrogen-bond donors (Lipinski definition) is 2. The highest BCUT2D eigenvalue weighted by Gasteiger charge is 2.55. The van der Waals surface area contributed by atoms with Crippen LogP contribution in [0.1, 0.15) is 24.0 Å². The molecule has 1 aromatic rings. The maximum absolute atomic E-state index is 12.6. The molecular weight excluding hydrogens is 270 g/mol. The predicted octanol–water partition coefficient (Wildman–Crippen LogP) is 2.12. The smallest absolute Gasteiger partial charge is 0.310 e. The minimum atomic E-state index is -0.941. The van der Waals surface area contributed by atoms with E-state index in [1.165, 1.54) is 0 Å². The largest absolute Gasteiger partial charge is 0.481 e. The lowest BCUT2D eigenvalue weighted by Crippen LogP contribution is -2.41. The SMILES string of the molecule is Cc1cccc(C)c1NC(=O)C1C(C(=O)O)[C@H]2CC[C@H]1O2. The lowest BCUT2D eigenvalue weighted by molar-refractivity contribution is -0.147. The first-order valence-electron chi connectivity index (χ1n) is 7.24. The lowest BCUT2D eigenvalue weighted by Gasteiger charge is -2.24. The van der Waals surface area contributed by atoms with Crippen LogP contribution in [-0.4, -0.2) is 29.2 Å². The van der Waals surface area contributed by atoms with Gasteiger partial charge in [-0.3, -0.25) is 9.59 Å². The van der Waals surface area contributed by atoms with Gasteiger partial charge in [0.15, 0.2) is 0 Å². The third-order valence-electron chi connectivity index (χ3n) is 4.59. The van der Waals surface area contributed by atoms with E-state index in [1.807, 2.05) is 32.0 Å². The van der Waals surface area contributed by atoms with Crippen LogP contribution in [0.2, 0.25) is 0 Å². The summed E-state index contributed by atoms with van der Waals surface area (Å²) in [6, 6.07) is 5.78. The molecule has 2 N–H and O–H groups in total. The van der Waals surface area contributed by atoms with Gasteiger partial charge in [0.05, 0.1) is 24.0 Å². The topological polar surface area (TPSA) is 75.6 Å². The van der Waals surface area contributed by atoms with E-state index in [4.69, 9.17) is 4.74 Å². The van der Waals surface area contributed by atoms with Gasteiger partial charge in [0.2, 0.25) is 5.91 Å². The fraction of sp³-hybridized carbons (Fsp3) is 0.500. The van der Waals surface area contributed by atoms with E-state index in [1.54, 1.807) is 0 Å². The van der Waals surface area contributed by atoms with Crippen molar-refractivity contribution in [2.75, 3.05) is 5.32 Å². The third-order valence-corrected chi connectivity index (χ3v) is 4.59. The molecule has 1 amide bonds. The molecule has 2 bridgehead atoms. The van der Waals surface area contributed by atoms with Gasteiger partial charge in [-0.1, -0.05) is 18.2 Å². The number of carboxylic acids is 1. The Labute approximate surface area is 123 Å². The fourth-order valence-electron chi connectivity index (χ4n) is 3.54. The molecule has 3 rings (SSSR count). The van der Waals surface area contributed by atoms with Crippen LogP contribution in [0.15, 0.2) is 18.2 Å². The lowest BCUT2D eigenvalue weighted by atomic mass is 9.78. The molecule has 0 spiro atoms. The summed E-state index contributed by atoms with van der Waals surface area (Å²) < 4.78 is 5.64. The van der Waals surface area contributed by atoms with Gasteiger partial charge < -0.3 is 15.2 Å². The minimum absolute atomic E-state index is 0.244. The van der Waals surface area contributed by atoms with Crippen molar-refractivity contribution < 1.29 is 19.4 Å². The number of nitrogens with one attached hydrogen (secondary N) is 1. The Bertz CT molecular complexity index is 578. The minimum Gasteiger partial charge on any atom is -0.481 e. The summed E-state index contributed by atoms with van der Waals surface area (Å²) in [5.74, 6) is -2.51. The average Bonchev–Trinajstić information content (AvgIpc) is 3.03. The summed E-state index contributed by atoms with van der Waals surface area (Å²) in [6.07, 6.45) is 0.912. The molecule has 5 nitrogen and oxygen atoms in total. The number of aliphatic carboxylic acids is 1. The van der Waals surface area contributed by atoms with Crippen molar-refractivity contribution in [1.82, 2.24) is 0 Å². The molecule has 0 radical (unpaired) electrons. The van der Waals surface area contributed by atoms with Crippen molar-refractivity contribution in [1.29, 1.82) is 0 Å². The summed E-state index contributed by atoms with van der Waals surface area (Å²) >= 11 is 0. The predicted molar refractivity (Wildman–Crippen MR) is 77.1 cm³/mol. The summed E-state index contributed by atoms with van der Waals surface area (Å²) in [6.45, 7) is 3.85. The van der Waals surface area contributed by atoms with Crippen LogP contribution in [0.3, 0.4) is 0 Å². The second-order valence-corrected chi connectivity index (χ2v) is 5.94. The summed E-state index contributed by atoms with van der Waals surface area (Å²) in [4.78, 5) is 24.0. The van der Waals surface area contributed by atoms with E-state index >= 15 is 0 Å². The van der Waals surface area contributed by atoms with Gasteiger partial charge in [-0.15, -0.1) is 0 Å². The zero-order chi connectivity index (χ0) is 15.1. The summed E-state index contributed by atoms with van der Waals surface area (Å²) in [5.41, 5.74) is 2.72. The molecule has 0 aliphatic carbocycles. The van der Waals surface area contributed by atoms with Crippen molar-refractivity contribution >= 4 is 17.6 Å². The number of carboxylic acid groups (broad SMARTS) is 1. The molecule has 2 heterocycles. The van der Waals surface area contributed by atoms with E-state index in [2.05, 4.69) is 5.32 Å². The first kappa shape index (κ1) is 14.1. The second-order valence-electron chi connectivity index (χ2n) is 5.94. The van der Waals surface area contributed by atoms with E-state index in [0.717, 1.165) is 29.7 Å². The van der Waals surface area contributed by atoms with Gasteiger partial charge in [0.1, 0.15) is 0 Å². The Morgan fingerprint density at radius 2 is 1.71 bits per heavy atom. The molecule has 2 fully saturated rings. The molecule has 0 saturated carbocycles. The first-order chi connectivity index (χ1) is 9.99. The number of rotatable bonds is 3. The van der Waals surface area contributed by atoms with E-state index in [9.17, 15) is 14.7 Å². The van der Waals surface area contributed by atoms with Crippen LogP contribution >= 0.6 is 0 Å². The molecule has 21 heavy (non-hydrogen) atoms. The monoisotopic (exact) mass is 289 g/mol. The Morgan fingerprint density at radius 1 is 1.14 bits per heavy atom. The molecule has 2 saturated heterocycles. The van der Waals surface area contributed by atoms with Gasteiger partial charge in [0.25, 0.3) is 0 Å². The van der Waals surface area contributed by atoms with Crippen molar-refractivity contribution in [2.45, 2.75) is 38.9 Å². The van der Waals surface area contributed by atoms with Crippen molar-refractivity contribution in [3.63, 3.8) is 0 Å². The number of hydrogen-bond acceptors (Lipinski definition) is 3. The molecule has 0 aromatic heterocycles. The molecule has 2 unspecified atom stereocenters. The number of benzene rings is 1. The number of aryl methyl sites for hydroxylation is 2. The maximum atomic E-state index is 12.6. The van der Waals surface area contributed by atoms with E-state index in [-0.39, 0.29) is 18.1 Å². The third kappa shape index (κ3) is 2.31. The van der Waals surface area contributed by atoms with Gasteiger partial charge in [-0.2, -0.15) is 0 Å². The highest BCUT2D eigenvalue weighted by molar-refractivity contribution is 5.97. The van der Waals surface area contributed by atoms with Gasteiger partial charge in [-0.05, 0) is 37.8 Å². The average molecular weight is 289 g/mol. The van der Waals surface area contributed by atoms with Crippen LogP contribution in [0, 0.1) is 25.7 Å². The van der Waals surface area contributed by atoms with Crippen LogP contribution in [0.4, 0.5) is 5.69 Å². The van der Waals surface area contributed by atoms with Crippen molar-refractivity contribution in [3.8, 4) is 0 Å². The number of para-hydroxylation sites is 1. The number of amides is 1. The number of anilines is 1. The number of ether oxygens (including phenoxy) is 1. The normalized spacial score (nSPS) is 30.4. The van der Waals surface area contributed by atoms with E-state index in [0.29, 0.717) is 0 Å². The second kappa shape index (κ2) is 5.15. The molecule has 2 aliphatic rings. The number of carbonyl (C=O) groups is 2. The molecular formula is C16H19NO4. The Balaban J connectivity index is 1.83. The highest BCUT2D eigenvalue weighted by Crippen LogP contribution is 2.44. The van der Waals surface area contributed by atoms with Crippen molar-refractivity contribution in [3.05, 3.63) is 29.3 Å². The molecule has 2 aliphatic heterocycles. The van der Waals surface area contributed by atoms with Gasteiger partial charge >= 0.3 is 5.97 Å². The molecule has 112 valence electrons. The molecule has 1 aromatic carbocycles. The fourth-order valence-corrected chi connectivity index (χ4v) is 3.54. The maximum Gasteiger partial charge on any atom is 0.310 e. The number of fused-ring (bicyclic) bond motifs is 2. The zero-order valence-corrected chi connectivity index (χ0v) is 12.1. The first-order valence-corrected chi connectivity index (χ1v) is 7.24. The van der Waals surface area contributed by atoms with E-state index < -0.39 is 17.8 Å². The van der Waals surface area contributed by atoms with Crippen molar-refractivity contribution in [2.24, 2.45) is 11.8 Å².